The number of hydrogen-bond donors (Lipinski definition) is 0. The molecule has 1 fully saturated rings. The fourth-order valence-corrected chi connectivity index (χ4v) is 2.00. The fourth-order valence-electron chi connectivity index (χ4n) is 1.67. The van der Waals surface area contributed by atoms with Gasteiger partial charge in [-0.15, -0.1) is 0 Å². The number of halogens is 1. The molecule has 0 spiro atoms. The lowest BCUT2D eigenvalue weighted by atomic mass is 10.2. The van der Waals surface area contributed by atoms with Gasteiger partial charge in [-0.3, -0.25) is 0 Å². The highest BCUT2D eigenvalue weighted by Crippen LogP contribution is 2.33. The Morgan fingerprint density at radius 3 is 2.80 bits per heavy atom. The van der Waals surface area contributed by atoms with Crippen LogP contribution in [0.1, 0.15) is 18.4 Å². The summed E-state index contributed by atoms with van der Waals surface area (Å²) in [6.45, 7) is 1.06. The summed E-state index contributed by atoms with van der Waals surface area (Å²) >= 11 is 6.11. The summed E-state index contributed by atoms with van der Waals surface area (Å²) in [6.07, 6.45) is 2.66. The van der Waals surface area contributed by atoms with Crippen LogP contribution in [-0.2, 0) is 0 Å². The van der Waals surface area contributed by atoms with Gasteiger partial charge in [0.05, 0.1) is 22.3 Å². The SMILES string of the molecule is CN(CC1CC1)c1ccc(C#N)cc1Cl. The van der Waals surface area contributed by atoms with E-state index in [0.717, 1.165) is 18.2 Å². The molecular formula is C12H13ClN2. The molecular weight excluding hydrogens is 208 g/mol. The lowest BCUT2D eigenvalue weighted by molar-refractivity contribution is 0.787. The van der Waals surface area contributed by atoms with Gasteiger partial charge in [0.2, 0.25) is 0 Å². The van der Waals surface area contributed by atoms with Crippen LogP contribution in [0.4, 0.5) is 5.69 Å². The number of nitriles is 1. The summed E-state index contributed by atoms with van der Waals surface area (Å²) in [5.41, 5.74) is 1.63. The molecule has 0 heterocycles. The lowest BCUT2D eigenvalue weighted by Crippen LogP contribution is -2.20. The lowest BCUT2D eigenvalue weighted by Gasteiger charge is -2.20. The molecule has 0 bridgehead atoms. The maximum atomic E-state index is 8.72. The van der Waals surface area contributed by atoms with E-state index in [-0.39, 0.29) is 0 Å². The summed E-state index contributed by atoms with van der Waals surface area (Å²) < 4.78 is 0. The summed E-state index contributed by atoms with van der Waals surface area (Å²) in [5.74, 6) is 0.835. The number of anilines is 1. The topological polar surface area (TPSA) is 27.0 Å². The van der Waals surface area contributed by atoms with Crippen molar-refractivity contribution in [2.75, 3.05) is 18.5 Å². The minimum absolute atomic E-state index is 0.614. The summed E-state index contributed by atoms with van der Waals surface area (Å²) in [7, 11) is 2.05. The number of rotatable bonds is 3. The van der Waals surface area contributed by atoms with E-state index in [1.807, 2.05) is 19.2 Å². The second kappa shape index (κ2) is 4.12. The monoisotopic (exact) mass is 220 g/mol. The van der Waals surface area contributed by atoms with Gasteiger partial charge in [0, 0.05) is 13.6 Å². The van der Waals surface area contributed by atoms with Gasteiger partial charge in [-0.2, -0.15) is 5.26 Å². The highest BCUT2D eigenvalue weighted by molar-refractivity contribution is 6.33. The molecule has 2 nitrogen and oxygen atoms in total. The van der Waals surface area contributed by atoms with Gasteiger partial charge in [0.1, 0.15) is 0 Å². The number of hydrogen-bond acceptors (Lipinski definition) is 2. The van der Waals surface area contributed by atoms with Crippen LogP contribution < -0.4 is 4.90 Å². The predicted octanol–water partition coefficient (Wildman–Crippen LogP) is 3.06. The first-order valence-electron chi connectivity index (χ1n) is 5.11. The molecule has 0 N–H and O–H groups in total. The molecule has 0 aromatic heterocycles. The van der Waals surface area contributed by atoms with Gasteiger partial charge in [0.15, 0.2) is 0 Å². The van der Waals surface area contributed by atoms with Crippen molar-refractivity contribution >= 4 is 17.3 Å². The van der Waals surface area contributed by atoms with E-state index in [0.29, 0.717) is 10.6 Å². The van der Waals surface area contributed by atoms with Gasteiger partial charge in [-0.1, -0.05) is 11.6 Å². The van der Waals surface area contributed by atoms with Gasteiger partial charge < -0.3 is 4.90 Å². The maximum Gasteiger partial charge on any atom is 0.0992 e. The molecule has 0 atom stereocenters. The number of benzene rings is 1. The molecule has 2 rings (SSSR count). The van der Waals surface area contributed by atoms with E-state index in [1.165, 1.54) is 12.8 Å². The summed E-state index contributed by atoms with van der Waals surface area (Å²) in [4.78, 5) is 2.17. The van der Waals surface area contributed by atoms with Crippen LogP contribution in [0.3, 0.4) is 0 Å². The van der Waals surface area contributed by atoms with Crippen molar-refractivity contribution in [1.29, 1.82) is 5.26 Å². The second-order valence-electron chi connectivity index (χ2n) is 4.10. The molecule has 1 saturated carbocycles. The van der Waals surface area contributed by atoms with E-state index < -0.39 is 0 Å². The normalized spacial score (nSPS) is 14.7. The van der Waals surface area contributed by atoms with E-state index in [2.05, 4.69) is 11.0 Å². The third kappa shape index (κ3) is 2.43. The Bertz CT molecular complexity index is 405. The first-order chi connectivity index (χ1) is 7.20. The maximum absolute atomic E-state index is 8.72. The molecule has 0 amide bonds. The Balaban J connectivity index is 2.16. The molecule has 15 heavy (non-hydrogen) atoms. The molecule has 0 unspecified atom stereocenters. The van der Waals surface area contributed by atoms with Crippen LogP contribution >= 0.6 is 11.6 Å². The Morgan fingerprint density at radius 1 is 1.53 bits per heavy atom. The smallest absolute Gasteiger partial charge is 0.0992 e. The minimum atomic E-state index is 0.614. The van der Waals surface area contributed by atoms with Gasteiger partial charge in [-0.25, -0.2) is 0 Å². The average molecular weight is 221 g/mol. The summed E-state index contributed by atoms with van der Waals surface area (Å²) in [5, 5.41) is 9.39. The van der Waals surface area contributed by atoms with E-state index >= 15 is 0 Å². The van der Waals surface area contributed by atoms with E-state index in [1.54, 1.807) is 6.07 Å². The minimum Gasteiger partial charge on any atom is -0.373 e. The first kappa shape index (κ1) is 10.3. The highest BCUT2D eigenvalue weighted by Gasteiger charge is 2.23. The van der Waals surface area contributed by atoms with Crippen LogP contribution in [0, 0.1) is 17.2 Å². The molecule has 0 radical (unpaired) electrons. The molecule has 1 aliphatic rings. The molecule has 1 aliphatic carbocycles. The van der Waals surface area contributed by atoms with Crippen molar-refractivity contribution < 1.29 is 0 Å². The standard InChI is InChI=1S/C12H13ClN2/c1-15(8-9-2-3-9)12-5-4-10(7-14)6-11(12)13/h4-6,9H,2-3,8H2,1H3. The molecule has 1 aromatic carbocycles. The highest BCUT2D eigenvalue weighted by atomic mass is 35.5. The van der Waals surface area contributed by atoms with E-state index in [9.17, 15) is 0 Å². The Morgan fingerprint density at radius 2 is 2.27 bits per heavy atom. The molecule has 78 valence electrons. The first-order valence-corrected chi connectivity index (χ1v) is 5.49. The van der Waals surface area contributed by atoms with Crippen molar-refractivity contribution in [3.63, 3.8) is 0 Å². The van der Waals surface area contributed by atoms with Crippen LogP contribution in [-0.4, -0.2) is 13.6 Å². The third-order valence-corrected chi connectivity index (χ3v) is 3.02. The van der Waals surface area contributed by atoms with Gasteiger partial charge >= 0.3 is 0 Å². The van der Waals surface area contributed by atoms with Crippen molar-refractivity contribution in [1.82, 2.24) is 0 Å². The molecule has 0 saturated heterocycles. The third-order valence-electron chi connectivity index (χ3n) is 2.72. The van der Waals surface area contributed by atoms with Crippen molar-refractivity contribution in [3.05, 3.63) is 28.8 Å². The van der Waals surface area contributed by atoms with Crippen LogP contribution in [0.25, 0.3) is 0 Å². The summed E-state index contributed by atoms with van der Waals surface area (Å²) in [6, 6.07) is 7.54. The average Bonchev–Trinajstić information content (AvgIpc) is 3.01. The second-order valence-corrected chi connectivity index (χ2v) is 4.51. The quantitative estimate of drug-likeness (QED) is 0.783. The Labute approximate surface area is 95.1 Å². The van der Waals surface area contributed by atoms with Gasteiger partial charge in [-0.05, 0) is 37.0 Å². The zero-order valence-electron chi connectivity index (χ0n) is 8.70. The zero-order valence-corrected chi connectivity index (χ0v) is 9.46. The van der Waals surface area contributed by atoms with Gasteiger partial charge in [0.25, 0.3) is 0 Å². The van der Waals surface area contributed by atoms with Crippen LogP contribution in [0.2, 0.25) is 5.02 Å². The molecule has 1 aromatic rings. The van der Waals surface area contributed by atoms with Crippen molar-refractivity contribution in [3.8, 4) is 6.07 Å². The Hall–Kier alpha value is -1.20. The number of nitrogens with zero attached hydrogens (tertiary/aromatic N) is 2. The zero-order chi connectivity index (χ0) is 10.8. The van der Waals surface area contributed by atoms with Crippen LogP contribution in [0.15, 0.2) is 18.2 Å². The van der Waals surface area contributed by atoms with Crippen molar-refractivity contribution in [2.24, 2.45) is 5.92 Å². The predicted molar refractivity (Wildman–Crippen MR) is 62.2 cm³/mol. The molecule has 3 heteroatoms. The largest absolute Gasteiger partial charge is 0.373 e. The fraction of sp³-hybridized carbons (Fsp3) is 0.417. The van der Waals surface area contributed by atoms with Crippen LogP contribution in [0.5, 0.6) is 0 Å². The Kier molecular flexibility index (Phi) is 2.83. The molecule has 0 aliphatic heterocycles. The van der Waals surface area contributed by atoms with Crippen molar-refractivity contribution in [2.45, 2.75) is 12.8 Å². The van der Waals surface area contributed by atoms with E-state index in [4.69, 9.17) is 16.9 Å².